The average molecular weight is 459 g/mol. The van der Waals surface area contributed by atoms with E-state index in [-0.39, 0.29) is 11.6 Å². The van der Waals surface area contributed by atoms with Gasteiger partial charge in [0.2, 0.25) is 5.78 Å². The minimum absolute atomic E-state index is 0.253. The maximum absolute atomic E-state index is 12.4. The van der Waals surface area contributed by atoms with Crippen LogP contribution in [-0.2, 0) is 0 Å². The van der Waals surface area contributed by atoms with Crippen LogP contribution in [-0.4, -0.2) is 44.5 Å². The van der Waals surface area contributed by atoms with Crippen molar-refractivity contribution in [2.24, 2.45) is 0 Å². The summed E-state index contributed by atoms with van der Waals surface area (Å²) in [7, 11) is 3.17. The van der Waals surface area contributed by atoms with Gasteiger partial charge in [-0.3, -0.25) is 19.2 Å². The van der Waals surface area contributed by atoms with Gasteiger partial charge in [0.15, 0.2) is 0 Å². The number of aromatic nitrogens is 5. The van der Waals surface area contributed by atoms with Crippen LogP contribution in [0.5, 0.6) is 11.5 Å². The Morgan fingerprint density at radius 1 is 1.06 bits per heavy atom. The number of fused-ring (bicyclic) bond motifs is 1. The maximum atomic E-state index is 12.4. The van der Waals surface area contributed by atoms with Gasteiger partial charge in [-0.1, -0.05) is 12.7 Å². The molecule has 0 radical (unpaired) electrons. The normalized spacial score (nSPS) is 10.5. The van der Waals surface area contributed by atoms with Gasteiger partial charge in [-0.15, -0.1) is 0 Å². The second-order valence-electron chi connectivity index (χ2n) is 7.04. The van der Waals surface area contributed by atoms with Crippen molar-refractivity contribution in [3.63, 3.8) is 0 Å². The molecule has 34 heavy (non-hydrogen) atoms. The van der Waals surface area contributed by atoms with Gasteiger partial charge < -0.3 is 14.8 Å². The molecule has 1 amide bonds. The molecule has 0 aliphatic heterocycles. The van der Waals surface area contributed by atoms with E-state index in [1.165, 1.54) is 13.3 Å². The smallest absolute Gasteiger partial charge is 0.274 e. The molecule has 0 aliphatic carbocycles. The summed E-state index contributed by atoms with van der Waals surface area (Å²) in [5.41, 5.74) is 3.47. The number of hydrogen-bond donors (Lipinski definition) is 1. The SMILES string of the molecule is C=Cc1nc2nc(C(=O)Nc3cncc(OC)c3)ccn2c1/C=C\C.COc1cncc(C)c1. The van der Waals surface area contributed by atoms with Crippen LogP contribution >= 0.6 is 0 Å². The van der Waals surface area contributed by atoms with Crippen LogP contribution in [0.25, 0.3) is 17.9 Å². The van der Waals surface area contributed by atoms with E-state index in [1.807, 2.05) is 32.1 Å². The molecular formula is C25H26N6O3. The molecule has 0 aliphatic rings. The number of methoxy groups -OCH3 is 2. The number of carbonyl (C=O) groups excluding carboxylic acids is 1. The van der Waals surface area contributed by atoms with Gasteiger partial charge in [0, 0.05) is 18.5 Å². The fourth-order valence-corrected chi connectivity index (χ4v) is 3.00. The molecule has 0 aromatic carbocycles. The van der Waals surface area contributed by atoms with Crippen molar-refractivity contribution < 1.29 is 14.3 Å². The van der Waals surface area contributed by atoms with Crippen molar-refractivity contribution >= 4 is 29.5 Å². The van der Waals surface area contributed by atoms with Crippen LogP contribution in [0.1, 0.15) is 34.4 Å². The Morgan fingerprint density at radius 3 is 2.38 bits per heavy atom. The van der Waals surface area contributed by atoms with E-state index >= 15 is 0 Å². The first kappa shape index (κ1) is 24.1. The Balaban J connectivity index is 0.000000302. The minimum Gasteiger partial charge on any atom is -0.495 e. The quantitative estimate of drug-likeness (QED) is 0.455. The summed E-state index contributed by atoms with van der Waals surface area (Å²) in [6, 6.07) is 5.25. The van der Waals surface area contributed by atoms with E-state index < -0.39 is 0 Å². The zero-order chi connectivity index (χ0) is 24.5. The highest BCUT2D eigenvalue weighted by Crippen LogP contribution is 2.17. The number of imidazole rings is 1. The Labute approximate surface area is 197 Å². The van der Waals surface area contributed by atoms with Crippen LogP contribution in [0.15, 0.2) is 61.8 Å². The number of allylic oxidation sites excluding steroid dienone is 1. The van der Waals surface area contributed by atoms with Crippen molar-refractivity contribution in [1.29, 1.82) is 0 Å². The molecule has 9 nitrogen and oxygen atoms in total. The summed E-state index contributed by atoms with van der Waals surface area (Å²) in [6.07, 6.45) is 13.8. The summed E-state index contributed by atoms with van der Waals surface area (Å²) < 4.78 is 11.8. The number of aryl methyl sites for hydroxylation is 1. The number of pyridine rings is 2. The standard InChI is InChI=1S/C18H17N5O2.C7H9NO/c1-4-6-16-14(5-2)21-18-22-15(7-8-23(16)18)17(24)20-12-9-13(25-3)11-19-10-12;1-6-3-7(9-2)5-8-4-6/h4-11H,2H2,1,3H3,(H,20,24);3-5H,1-2H3/b6-4-;. The van der Waals surface area contributed by atoms with Crippen LogP contribution < -0.4 is 14.8 Å². The number of carbonyl (C=O) groups is 1. The third kappa shape index (κ3) is 5.83. The van der Waals surface area contributed by atoms with Gasteiger partial charge in [0.25, 0.3) is 5.91 Å². The van der Waals surface area contributed by atoms with E-state index in [0.29, 0.717) is 22.9 Å². The third-order valence-corrected chi connectivity index (χ3v) is 4.60. The second-order valence-corrected chi connectivity index (χ2v) is 7.04. The lowest BCUT2D eigenvalue weighted by Crippen LogP contribution is -2.14. The predicted octanol–water partition coefficient (Wildman–Crippen LogP) is 4.46. The highest BCUT2D eigenvalue weighted by Gasteiger charge is 2.13. The Kier molecular flexibility index (Phi) is 8.07. The molecule has 174 valence electrons. The number of amides is 1. The van der Waals surface area contributed by atoms with E-state index in [2.05, 4.69) is 31.8 Å². The van der Waals surface area contributed by atoms with E-state index in [9.17, 15) is 4.79 Å². The number of nitrogens with zero attached hydrogens (tertiary/aromatic N) is 5. The first-order valence-electron chi connectivity index (χ1n) is 10.4. The van der Waals surface area contributed by atoms with E-state index in [0.717, 1.165) is 17.0 Å². The Bertz CT molecular complexity index is 1330. The highest BCUT2D eigenvalue weighted by molar-refractivity contribution is 6.03. The molecule has 4 rings (SSSR count). The van der Waals surface area contributed by atoms with Gasteiger partial charge in [-0.25, -0.2) is 9.97 Å². The first-order chi connectivity index (χ1) is 16.5. The Hall–Kier alpha value is -4.53. The largest absolute Gasteiger partial charge is 0.495 e. The molecule has 0 atom stereocenters. The van der Waals surface area contributed by atoms with Gasteiger partial charge >= 0.3 is 0 Å². The van der Waals surface area contributed by atoms with Crippen molar-refractivity contribution in [2.75, 3.05) is 19.5 Å². The lowest BCUT2D eigenvalue weighted by atomic mass is 10.3. The van der Waals surface area contributed by atoms with Crippen molar-refractivity contribution in [3.05, 3.63) is 84.5 Å². The molecule has 4 aromatic heterocycles. The van der Waals surface area contributed by atoms with Crippen LogP contribution in [0.2, 0.25) is 0 Å². The molecule has 0 bridgehead atoms. The number of anilines is 1. The van der Waals surface area contributed by atoms with Crippen molar-refractivity contribution in [3.8, 4) is 11.5 Å². The summed E-state index contributed by atoms with van der Waals surface area (Å²) in [5.74, 6) is 1.45. The van der Waals surface area contributed by atoms with E-state index in [4.69, 9.17) is 9.47 Å². The molecule has 0 spiro atoms. The molecule has 9 heteroatoms. The number of nitrogens with one attached hydrogen (secondary N) is 1. The summed E-state index contributed by atoms with van der Waals surface area (Å²) in [5, 5.41) is 2.74. The minimum atomic E-state index is -0.353. The fourth-order valence-electron chi connectivity index (χ4n) is 3.00. The summed E-state index contributed by atoms with van der Waals surface area (Å²) in [4.78, 5) is 29.1. The number of hydrogen-bond acceptors (Lipinski definition) is 7. The van der Waals surface area contributed by atoms with Gasteiger partial charge in [0.05, 0.1) is 49.9 Å². The first-order valence-corrected chi connectivity index (χ1v) is 10.4. The lowest BCUT2D eigenvalue weighted by Gasteiger charge is -2.06. The van der Waals surface area contributed by atoms with Gasteiger partial charge in [0.1, 0.15) is 17.2 Å². The summed E-state index contributed by atoms with van der Waals surface area (Å²) in [6.45, 7) is 7.67. The van der Waals surface area contributed by atoms with Crippen LogP contribution in [0, 0.1) is 6.92 Å². The number of ether oxygens (including phenoxy) is 2. The highest BCUT2D eigenvalue weighted by atomic mass is 16.5. The zero-order valence-electron chi connectivity index (χ0n) is 19.5. The summed E-state index contributed by atoms with van der Waals surface area (Å²) >= 11 is 0. The van der Waals surface area contributed by atoms with Crippen molar-refractivity contribution in [2.45, 2.75) is 13.8 Å². The van der Waals surface area contributed by atoms with Gasteiger partial charge in [-0.2, -0.15) is 0 Å². The maximum Gasteiger partial charge on any atom is 0.274 e. The second kappa shape index (κ2) is 11.4. The molecule has 4 aromatic rings. The van der Waals surface area contributed by atoms with Crippen molar-refractivity contribution in [1.82, 2.24) is 24.3 Å². The molecule has 1 N–H and O–H groups in total. The zero-order valence-corrected chi connectivity index (χ0v) is 19.5. The molecule has 0 fully saturated rings. The Morgan fingerprint density at radius 2 is 1.76 bits per heavy atom. The predicted molar refractivity (Wildman–Crippen MR) is 132 cm³/mol. The van der Waals surface area contributed by atoms with E-state index in [1.54, 1.807) is 54.5 Å². The molecular weight excluding hydrogens is 432 g/mol. The third-order valence-electron chi connectivity index (χ3n) is 4.60. The monoisotopic (exact) mass is 458 g/mol. The van der Waals surface area contributed by atoms with Crippen LogP contribution in [0.3, 0.4) is 0 Å². The topological polar surface area (TPSA) is 104 Å². The average Bonchev–Trinajstić information content (AvgIpc) is 3.21. The molecule has 4 heterocycles. The molecule has 0 saturated heterocycles. The fraction of sp³-hybridized carbons (Fsp3) is 0.160. The van der Waals surface area contributed by atoms with Crippen LogP contribution in [0.4, 0.5) is 5.69 Å². The number of rotatable bonds is 6. The molecule has 0 saturated carbocycles. The lowest BCUT2D eigenvalue weighted by molar-refractivity contribution is 0.102. The molecule has 0 unspecified atom stereocenters. The van der Waals surface area contributed by atoms with Gasteiger partial charge in [-0.05, 0) is 43.7 Å².